The first-order valence-corrected chi connectivity index (χ1v) is 23.8. The Kier molecular flexibility index (Phi) is 15.7. The van der Waals surface area contributed by atoms with Crippen molar-refractivity contribution in [2.45, 2.75) is 78.6 Å². The van der Waals surface area contributed by atoms with Crippen LogP contribution in [0.2, 0.25) is 15.1 Å². The summed E-state index contributed by atoms with van der Waals surface area (Å²) in [5.74, 6) is 2.55. The van der Waals surface area contributed by atoms with Crippen molar-refractivity contribution in [2.75, 3.05) is 62.6 Å². The largest absolute Gasteiger partial charge is 0.492 e. The maximum atomic E-state index is 6.68. The molecule has 344 valence electrons. The van der Waals surface area contributed by atoms with Crippen LogP contribution in [0.3, 0.4) is 0 Å². The molecule has 2 saturated heterocycles. The molecule has 0 unspecified atom stereocenters. The Morgan fingerprint density at radius 2 is 0.908 bits per heavy atom. The Labute approximate surface area is 396 Å². The van der Waals surface area contributed by atoms with Gasteiger partial charge in [0.2, 0.25) is 0 Å². The normalized spacial score (nSPS) is 15.2. The standard InChI is InChI=1S/C50H57Cl3N6O6/c1-5-60-43-26-34(27-44(47(43)52)61-6-2)30-56-22-18-39(19-23-56)58(49-54-41(32-64-49)36-12-10-9-11-13-36)59(50-55-42(33-65-50)37-14-16-38(51)17-15-37)40-20-24-57(25-21-40)31-35-28-45(62-7-3)48(53)46(29-35)63-8-4/h9-17,26-29,32-33,39-40H,5-8,18-25,30-31H2,1-4H3. The van der Waals surface area contributed by atoms with Gasteiger partial charge >= 0.3 is 12.0 Å². The Balaban J connectivity index is 1.10. The molecule has 15 heteroatoms. The minimum Gasteiger partial charge on any atom is -0.492 e. The third kappa shape index (κ3) is 11.1. The van der Waals surface area contributed by atoms with Gasteiger partial charge in [0.1, 0.15) is 57.0 Å². The lowest BCUT2D eigenvalue weighted by atomic mass is 10.0. The number of benzene rings is 4. The Morgan fingerprint density at radius 1 is 0.538 bits per heavy atom. The third-order valence-electron chi connectivity index (χ3n) is 11.8. The number of hydrogen-bond acceptors (Lipinski definition) is 12. The third-order valence-corrected chi connectivity index (χ3v) is 12.8. The van der Waals surface area contributed by atoms with E-state index in [9.17, 15) is 0 Å². The van der Waals surface area contributed by atoms with Crippen molar-refractivity contribution in [1.82, 2.24) is 19.8 Å². The van der Waals surface area contributed by atoms with Crippen LogP contribution in [0.25, 0.3) is 22.5 Å². The number of hydrazine groups is 1. The summed E-state index contributed by atoms with van der Waals surface area (Å²) in [6.07, 6.45) is 6.77. The highest BCUT2D eigenvalue weighted by Gasteiger charge is 2.39. The van der Waals surface area contributed by atoms with Gasteiger partial charge in [0, 0.05) is 55.4 Å². The molecule has 4 heterocycles. The summed E-state index contributed by atoms with van der Waals surface area (Å²) < 4.78 is 36.7. The van der Waals surface area contributed by atoms with Crippen molar-refractivity contribution < 1.29 is 27.8 Å². The average Bonchev–Trinajstić information content (AvgIpc) is 4.02. The Hall–Kier alpha value is -5.11. The van der Waals surface area contributed by atoms with Crippen LogP contribution in [0, 0.1) is 0 Å². The van der Waals surface area contributed by atoms with Crippen LogP contribution in [0.4, 0.5) is 12.0 Å². The van der Waals surface area contributed by atoms with Crippen LogP contribution < -0.4 is 29.0 Å². The summed E-state index contributed by atoms with van der Waals surface area (Å²) >= 11 is 19.7. The molecule has 65 heavy (non-hydrogen) atoms. The minimum atomic E-state index is -0.000646. The Morgan fingerprint density at radius 3 is 1.28 bits per heavy atom. The highest BCUT2D eigenvalue weighted by Crippen LogP contribution is 2.40. The predicted molar refractivity (Wildman–Crippen MR) is 258 cm³/mol. The zero-order chi connectivity index (χ0) is 45.3. The molecule has 2 aliphatic rings. The number of ether oxygens (including phenoxy) is 4. The molecule has 2 aromatic heterocycles. The summed E-state index contributed by atoms with van der Waals surface area (Å²) in [6, 6.07) is 26.9. The number of nitrogens with zero attached hydrogens (tertiary/aromatic N) is 6. The fraction of sp³-hybridized carbons (Fsp3) is 0.400. The van der Waals surface area contributed by atoms with Gasteiger partial charge in [0.15, 0.2) is 0 Å². The topological polar surface area (TPSA) is 102 Å². The fourth-order valence-corrected chi connectivity index (χ4v) is 9.28. The molecule has 8 rings (SSSR count). The van der Waals surface area contributed by atoms with Gasteiger partial charge in [-0.2, -0.15) is 9.97 Å². The van der Waals surface area contributed by atoms with Crippen LogP contribution in [0.15, 0.2) is 100 Å². The van der Waals surface area contributed by atoms with Gasteiger partial charge in [0.05, 0.1) is 38.5 Å². The molecule has 6 aromatic rings. The number of oxazole rings is 2. The first-order chi connectivity index (χ1) is 31.7. The fourth-order valence-electron chi connectivity index (χ4n) is 8.72. The summed E-state index contributed by atoms with van der Waals surface area (Å²) in [5, 5.41) is 6.11. The van der Waals surface area contributed by atoms with E-state index in [0.29, 0.717) is 82.2 Å². The van der Waals surface area contributed by atoms with Crippen LogP contribution in [0.1, 0.15) is 64.5 Å². The van der Waals surface area contributed by atoms with Gasteiger partial charge in [-0.15, -0.1) is 0 Å². The van der Waals surface area contributed by atoms with Gasteiger partial charge < -0.3 is 27.8 Å². The molecule has 0 spiro atoms. The summed E-state index contributed by atoms with van der Waals surface area (Å²) in [4.78, 5) is 15.3. The van der Waals surface area contributed by atoms with E-state index >= 15 is 0 Å². The summed E-state index contributed by atoms with van der Waals surface area (Å²) in [6.45, 7) is 14.6. The zero-order valence-electron chi connectivity index (χ0n) is 37.5. The number of piperidine rings is 2. The highest BCUT2D eigenvalue weighted by molar-refractivity contribution is 6.34. The lowest BCUT2D eigenvalue weighted by molar-refractivity contribution is 0.178. The van der Waals surface area contributed by atoms with Crippen LogP contribution in [-0.2, 0) is 13.1 Å². The van der Waals surface area contributed by atoms with E-state index in [1.54, 1.807) is 12.5 Å². The maximum absolute atomic E-state index is 6.68. The van der Waals surface area contributed by atoms with Crippen LogP contribution in [0.5, 0.6) is 23.0 Å². The van der Waals surface area contributed by atoms with Crippen molar-refractivity contribution in [3.05, 3.63) is 118 Å². The van der Waals surface area contributed by atoms with Gasteiger partial charge in [0.25, 0.3) is 0 Å². The SMILES string of the molecule is CCOc1cc(CN2CCC(N(c3nc(-c4ccccc4)co3)N(c3nc(-c4ccc(Cl)cc4)co3)C3CCN(Cc4cc(OCC)c(Cl)c(OCC)c4)CC3)CC2)cc(OCC)c1Cl. The van der Waals surface area contributed by atoms with E-state index in [-0.39, 0.29) is 12.1 Å². The lowest BCUT2D eigenvalue weighted by Gasteiger charge is -2.47. The van der Waals surface area contributed by atoms with Crippen molar-refractivity contribution in [2.24, 2.45) is 0 Å². The molecular formula is C50H57Cl3N6O6. The van der Waals surface area contributed by atoms with Crippen molar-refractivity contribution in [3.63, 3.8) is 0 Å². The van der Waals surface area contributed by atoms with Gasteiger partial charge in [-0.05, 0) is 101 Å². The van der Waals surface area contributed by atoms with Gasteiger partial charge in [-0.1, -0.05) is 77.3 Å². The van der Waals surface area contributed by atoms with E-state index in [1.807, 2.05) is 107 Å². The van der Waals surface area contributed by atoms with Gasteiger partial charge in [-0.25, -0.2) is 10.0 Å². The molecule has 0 aliphatic carbocycles. The quantitative estimate of drug-likeness (QED) is 0.0723. The highest BCUT2D eigenvalue weighted by atomic mass is 35.5. The first-order valence-electron chi connectivity index (χ1n) is 22.7. The number of anilines is 2. The molecule has 0 amide bonds. The van der Waals surface area contributed by atoms with Crippen molar-refractivity contribution in [3.8, 4) is 45.5 Å². The molecular weight excluding hydrogens is 887 g/mol. The van der Waals surface area contributed by atoms with Gasteiger partial charge in [-0.3, -0.25) is 9.80 Å². The Bertz CT molecular complexity index is 2400. The number of halogens is 3. The molecule has 0 saturated carbocycles. The second-order valence-corrected chi connectivity index (χ2v) is 17.3. The molecule has 0 bridgehead atoms. The predicted octanol–water partition coefficient (Wildman–Crippen LogP) is 12.1. The van der Waals surface area contributed by atoms with Crippen molar-refractivity contribution >= 4 is 46.8 Å². The van der Waals surface area contributed by atoms with E-state index in [0.717, 1.165) is 92.9 Å². The summed E-state index contributed by atoms with van der Waals surface area (Å²) in [7, 11) is 0. The molecule has 12 nitrogen and oxygen atoms in total. The zero-order valence-corrected chi connectivity index (χ0v) is 39.7. The molecule has 4 aromatic carbocycles. The average molecular weight is 944 g/mol. The first kappa shape index (κ1) is 46.4. The van der Waals surface area contributed by atoms with E-state index in [2.05, 4.69) is 19.8 Å². The van der Waals surface area contributed by atoms with Crippen LogP contribution >= 0.6 is 34.8 Å². The second kappa shape index (κ2) is 21.9. The molecule has 2 aliphatic heterocycles. The monoisotopic (exact) mass is 942 g/mol. The second-order valence-electron chi connectivity index (χ2n) is 16.2. The van der Waals surface area contributed by atoms with Crippen LogP contribution in [-0.4, -0.2) is 84.5 Å². The number of hydrogen-bond donors (Lipinski definition) is 0. The lowest BCUT2D eigenvalue weighted by Crippen LogP contribution is -2.59. The van der Waals surface area contributed by atoms with E-state index in [1.165, 1.54) is 0 Å². The van der Waals surface area contributed by atoms with Crippen molar-refractivity contribution in [1.29, 1.82) is 0 Å². The van der Waals surface area contributed by atoms with E-state index < -0.39 is 0 Å². The number of aromatic nitrogens is 2. The minimum absolute atomic E-state index is 0.000646. The molecule has 2 fully saturated rings. The molecule has 0 atom stereocenters. The molecule has 0 N–H and O–H groups in total. The maximum Gasteiger partial charge on any atom is 0.317 e. The molecule has 0 radical (unpaired) electrons. The summed E-state index contributed by atoms with van der Waals surface area (Å²) in [5.41, 5.74) is 5.52. The number of rotatable bonds is 19. The van der Waals surface area contributed by atoms with E-state index in [4.69, 9.17) is 72.6 Å². The smallest absolute Gasteiger partial charge is 0.317 e. The number of likely N-dealkylation sites (tertiary alicyclic amines) is 2.